The highest BCUT2D eigenvalue weighted by Gasteiger charge is 2.71. The summed E-state index contributed by atoms with van der Waals surface area (Å²) >= 11 is 0. The van der Waals surface area contributed by atoms with E-state index in [1.54, 1.807) is 0 Å². The SMILES string of the molecule is C=C(C)C(=O)OC12CC3CC(C1)CC(C(=O)OC(CS(=O)(=O)[O-])C(F)(F)F)(C3)C2.C=C(C)C(=O)OC1C2CC3C1OC(=O)C3C2C(=O)OC(CS(=O)(=O)[O-])C(F)(F)F.C=C(C)C(=O)Oc1c(F)c(F)c(S(=O)(=O)[O-])c(F)c1F.c1ccc(-[s+]2c3ccccc3c3ccccc32)cc1.c1ccc(-[s+]2c3ccccc3c3ccccc32)cc1.c1ccc([S+]2c3ccccc3Oc3ccccc32)cc1. The van der Waals surface area contributed by atoms with E-state index in [4.69, 9.17) is 18.9 Å². The fourth-order valence-electron chi connectivity index (χ4n) is 18.6. The van der Waals surface area contributed by atoms with E-state index in [-0.39, 0.29) is 86.1 Å². The number of thiophene rings is 2. The van der Waals surface area contributed by atoms with Gasteiger partial charge in [-0.15, -0.1) is 0 Å². The number of halogens is 10. The molecule has 0 spiro atoms. The highest BCUT2D eigenvalue weighted by atomic mass is 32.2. The quantitative estimate of drug-likeness (QED) is 0.0113. The van der Waals surface area contributed by atoms with Crippen molar-refractivity contribution >= 4 is 138 Å². The van der Waals surface area contributed by atoms with Crippen LogP contribution in [0.2, 0.25) is 0 Å². The number of ether oxygens (including phenoxy) is 7. The lowest BCUT2D eigenvalue weighted by Crippen LogP contribution is -2.60. The Morgan fingerprint density at radius 1 is 0.478 bits per heavy atom. The van der Waals surface area contributed by atoms with E-state index in [9.17, 15) is 112 Å². The highest BCUT2D eigenvalue weighted by molar-refractivity contribution is 7.97. The summed E-state index contributed by atoms with van der Waals surface area (Å²) in [6.45, 7) is 13.9. The summed E-state index contributed by atoms with van der Waals surface area (Å²) in [5.41, 5.74) is -2.40. The van der Waals surface area contributed by atoms with Crippen LogP contribution in [-0.2, 0) is 93.7 Å². The summed E-state index contributed by atoms with van der Waals surface area (Å²) in [6.07, 6.45) is -16.1. The molecule has 10 aromatic carbocycles. The average molecular weight is 1990 g/mol. The second-order valence-electron chi connectivity index (χ2n) is 33.5. The van der Waals surface area contributed by atoms with Crippen molar-refractivity contribution in [3.05, 3.63) is 296 Å². The largest absolute Gasteiger partial charge is 0.748 e. The Morgan fingerprint density at radius 3 is 1.26 bits per heavy atom. The van der Waals surface area contributed by atoms with Crippen LogP contribution in [0.4, 0.5) is 43.9 Å². The summed E-state index contributed by atoms with van der Waals surface area (Å²) in [4.78, 5) is 76.7. The maximum absolute atomic E-state index is 13.4. The number of hydrogen-bond donors (Lipinski definition) is 0. The predicted octanol–water partition coefficient (Wildman–Crippen LogP) is 20.7. The van der Waals surface area contributed by atoms with Crippen LogP contribution in [0.5, 0.6) is 17.2 Å². The first kappa shape index (κ1) is 99.8. The first-order chi connectivity index (χ1) is 64.1. The van der Waals surface area contributed by atoms with Gasteiger partial charge in [-0.25, -0.2) is 48.4 Å². The van der Waals surface area contributed by atoms with Crippen molar-refractivity contribution in [3.8, 4) is 27.0 Å². The fourth-order valence-corrected chi connectivity index (χ4v) is 27.5. The van der Waals surface area contributed by atoms with Gasteiger partial charge in [-0.3, -0.25) is 14.4 Å². The fraction of sp³-hybridized carbons (Fsp3) is 0.265. The lowest BCUT2D eigenvalue weighted by Gasteiger charge is -2.59. The first-order valence-electron chi connectivity index (χ1n) is 41.8. The Morgan fingerprint density at radius 2 is 0.860 bits per heavy atom. The number of carbonyl (C=O) groups is 6. The van der Waals surface area contributed by atoms with E-state index in [1.165, 1.54) is 78.7 Å². The highest BCUT2D eigenvalue weighted by Crippen LogP contribution is 2.64. The summed E-state index contributed by atoms with van der Waals surface area (Å²) in [7, 11) is -16.4. The third-order valence-electron chi connectivity index (χ3n) is 23.7. The summed E-state index contributed by atoms with van der Waals surface area (Å²) in [6, 6.07) is 84.1. The number of hydrogen-bond acceptors (Lipinski definition) is 22. The van der Waals surface area contributed by atoms with E-state index in [0.717, 1.165) is 24.8 Å². The molecule has 0 amide bonds. The Bertz CT molecular complexity index is 6710. The second kappa shape index (κ2) is 39.9. The number of para-hydroxylation sites is 2. The van der Waals surface area contributed by atoms with E-state index in [2.05, 4.69) is 246 Å². The zero-order chi connectivity index (χ0) is 98.2. The molecule has 4 heterocycles. The topological polar surface area (TPSA) is 339 Å². The zero-order valence-electron chi connectivity index (χ0n) is 72.0. The van der Waals surface area contributed by atoms with E-state index in [1.807, 2.05) is 24.3 Å². The van der Waals surface area contributed by atoms with Crippen molar-refractivity contribution in [1.82, 2.24) is 0 Å². The molecule has 2 aromatic heterocycles. The van der Waals surface area contributed by atoms with Gasteiger partial charge in [0.2, 0.25) is 39.4 Å². The minimum Gasteiger partial charge on any atom is -0.748 e. The van der Waals surface area contributed by atoms with Crippen LogP contribution in [0.15, 0.2) is 293 Å². The summed E-state index contributed by atoms with van der Waals surface area (Å²) in [5.74, 6) is -23.7. The second-order valence-corrected chi connectivity index (χ2v) is 43.6. The number of carbonyl (C=O) groups excluding carboxylic acids is 6. The van der Waals surface area contributed by atoms with Crippen LogP contribution in [0.1, 0.15) is 65.7 Å². The van der Waals surface area contributed by atoms with Gasteiger partial charge in [-0.2, -0.15) is 35.1 Å². The Balaban J connectivity index is 0.000000132. The minimum atomic E-state index is -5.81. The normalized spacial score (nSPS) is 21.3. The molecule has 0 N–H and O–H groups in total. The molecule has 6 bridgehead atoms. The third-order valence-corrected chi connectivity index (χ3v) is 33.0. The number of rotatable bonds is 18. The molecule has 8 aliphatic rings. The van der Waals surface area contributed by atoms with E-state index < -0.39 is 183 Å². The predicted molar refractivity (Wildman–Crippen MR) is 482 cm³/mol. The molecule has 6 aliphatic carbocycles. The molecule has 20 rings (SSSR count). The molecular formula is C98H82F10O22S6. The first-order valence-corrected chi connectivity index (χ1v) is 50.1. The standard InChI is InChI=1S/C18H23F3O7S.C18H13OS.2C18H13S.C16H17F3O9S.C10H6F4O5S/c1-10(2)14(22)28-17-6-11-3-12(7-17)5-16(4-11,9-17)15(23)27-13(18(19,20)21)8-29(24,25)26;1-2-8-14(9-3-1)20-17-12-6-4-10-15(17)19-16-11-5-7-13-18(16)20;2*1-2-8-14(9-3-1)19-17-12-6-4-10-15(17)16-11-5-7-13-18(16)19;1-5(2)13(20)27-11-6-3-7-10(15(22)28-12(7)11)9(6)14(21)26-8(16(17,18)19)4-29(23,24)25;1-3(2)10(15)19-8-4(11)6(13)9(20(16,17)18)7(14)5(8)12/h11-13H,1,3-9H2,2H3,(H,24,25,26);1-13H;2*1-13H;6-12H,1,3-4H2,2H3,(H,23,24,25);1H2,2H3,(H,16,17,18)/q;3*+1;;/p-3. The van der Waals surface area contributed by atoms with Gasteiger partial charge < -0.3 is 46.8 Å². The van der Waals surface area contributed by atoms with Crippen LogP contribution in [-0.4, -0.2) is 129 Å². The number of benzene rings is 10. The Hall–Kier alpha value is -12.1. The molecule has 712 valence electrons. The van der Waals surface area contributed by atoms with Gasteiger partial charge in [0.15, 0.2) is 56.6 Å². The molecule has 38 heteroatoms. The molecule has 10 unspecified atom stereocenters. The van der Waals surface area contributed by atoms with Crippen molar-refractivity contribution in [2.45, 2.75) is 128 Å². The van der Waals surface area contributed by atoms with Crippen LogP contribution in [0, 0.1) is 64.2 Å². The molecular weight excluding hydrogens is 1910 g/mol. The van der Waals surface area contributed by atoms with Crippen LogP contribution in [0.3, 0.4) is 0 Å². The maximum atomic E-state index is 13.4. The van der Waals surface area contributed by atoms with Gasteiger partial charge in [-0.05, 0) is 180 Å². The zero-order valence-corrected chi connectivity index (χ0v) is 76.9. The summed E-state index contributed by atoms with van der Waals surface area (Å²) in [5, 5.41) is 5.58. The van der Waals surface area contributed by atoms with Gasteiger partial charge in [0.05, 0.1) is 49.0 Å². The van der Waals surface area contributed by atoms with Crippen molar-refractivity contribution in [3.63, 3.8) is 0 Å². The molecule has 1 saturated heterocycles. The minimum absolute atomic E-state index is 0.0134. The monoisotopic (exact) mass is 1990 g/mol. The number of esters is 6. The molecule has 7 fully saturated rings. The van der Waals surface area contributed by atoms with Gasteiger partial charge in [0.25, 0.3) is 0 Å². The lowest BCUT2D eigenvalue weighted by molar-refractivity contribution is -0.236. The van der Waals surface area contributed by atoms with Crippen LogP contribution in [0.25, 0.3) is 50.1 Å². The van der Waals surface area contributed by atoms with E-state index in [0.29, 0.717) is 12.8 Å². The van der Waals surface area contributed by atoms with Crippen LogP contribution < -0.4 is 9.47 Å². The summed E-state index contributed by atoms with van der Waals surface area (Å²) < 4.78 is 269. The number of alkyl halides is 6. The Kier molecular flexibility index (Phi) is 29.3. The molecule has 0 radical (unpaired) electrons. The average Bonchev–Trinajstić information content (AvgIpc) is 1.37. The molecule has 22 nitrogen and oxygen atoms in total. The number of fused-ring (bicyclic) bond motifs is 9. The van der Waals surface area contributed by atoms with Gasteiger partial charge in [0, 0.05) is 77.5 Å². The molecule has 12 aromatic rings. The van der Waals surface area contributed by atoms with Crippen molar-refractivity contribution in [1.29, 1.82) is 0 Å². The van der Waals surface area contributed by atoms with Crippen molar-refractivity contribution in [2.75, 3.05) is 11.5 Å². The lowest BCUT2D eigenvalue weighted by atomic mass is 9.48. The maximum Gasteiger partial charge on any atom is 0.426 e. The molecule has 10 atom stereocenters. The Labute approximate surface area is 781 Å². The van der Waals surface area contributed by atoms with Crippen molar-refractivity contribution in [2.24, 2.45) is 40.9 Å². The molecule has 136 heavy (non-hydrogen) atoms. The van der Waals surface area contributed by atoms with Gasteiger partial charge in [-0.1, -0.05) is 147 Å². The van der Waals surface area contributed by atoms with Gasteiger partial charge in [0.1, 0.15) is 43.7 Å². The van der Waals surface area contributed by atoms with Crippen molar-refractivity contribution < 1.29 is 145 Å². The van der Waals surface area contributed by atoms with E-state index >= 15 is 0 Å². The van der Waals surface area contributed by atoms with Crippen LogP contribution >= 0.6 is 20.9 Å². The molecule has 6 saturated carbocycles. The smallest absolute Gasteiger partial charge is 0.426 e. The third kappa shape index (κ3) is 21.6. The molecule has 2 aliphatic heterocycles. The van der Waals surface area contributed by atoms with Gasteiger partial charge >= 0.3 is 48.2 Å².